The van der Waals surface area contributed by atoms with Gasteiger partial charge in [0, 0.05) is 13.1 Å². The van der Waals surface area contributed by atoms with Crippen LogP contribution in [-0.4, -0.2) is 23.1 Å². The van der Waals surface area contributed by atoms with Gasteiger partial charge in [0.2, 0.25) is 0 Å². The highest BCUT2D eigenvalue weighted by molar-refractivity contribution is 6.29. The Hall–Kier alpha value is -0.870. The minimum Gasteiger partial charge on any atom is -0.291 e. The molecule has 0 aliphatic carbocycles. The molecule has 70 valence electrons. The Morgan fingerprint density at radius 2 is 2.31 bits per heavy atom. The van der Waals surface area contributed by atoms with Crippen molar-refractivity contribution in [2.24, 2.45) is 0 Å². The van der Waals surface area contributed by atoms with Crippen LogP contribution >= 0.6 is 11.6 Å². The van der Waals surface area contributed by atoms with Gasteiger partial charge in [-0.25, -0.2) is 10.4 Å². The largest absolute Gasteiger partial charge is 0.291 e. The summed E-state index contributed by atoms with van der Waals surface area (Å²) < 4.78 is 0. The van der Waals surface area contributed by atoms with Crippen LogP contribution in [0.4, 0.5) is 5.82 Å². The lowest BCUT2D eigenvalue weighted by molar-refractivity contribution is 0.506. The molecule has 1 aliphatic rings. The van der Waals surface area contributed by atoms with Crippen LogP contribution in [0.1, 0.15) is 12.8 Å². The van der Waals surface area contributed by atoms with E-state index in [2.05, 4.69) is 15.4 Å². The maximum absolute atomic E-state index is 5.74. The monoisotopic (exact) mass is 198 g/mol. The molecule has 0 unspecified atom stereocenters. The molecule has 0 atom stereocenters. The summed E-state index contributed by atoms with van der Waals surface area (Å²) in [4.78, 5) is 8.15. The van der Waals surface area contributed by atoms with E-state index in [0.717, 1.165) is 18.9 Å². The molecule has 2 heterocycles. The second-order valence-electron chi connectivity index (χ2n) is 2.97. The van der Waals surface area contributed by atoms with E-state index in [1.165, 1.54) is 19.0 Å². The number of nitrogens with one attached hydrogen (secondary N) is 1. The van der Waals surface area contributed by atoms with Crippen LogP contribution in [0.5, 0.6) is 0 Å². The fourth-order valence-corrected chi connectivity index (χ4v) is 1.49. The number of halogens is 1. The van der Waals surface area contributed by atoms with Crippen LogP contribution in [0.15, 0.2) is 12.4 Å². The highest BCUT2D eigenvalue weighted by Crippen LogP contribution is 2.13. The van der Waals surface area contributed by atoms with Gasteiger partial charge in [0.1, 0.15) is 5.15 Å². The van der Waals surface area contributed by atoms with Gasteiger partial charge in [0.25, 0.3) is 0 Å². The fraction of sp³-hybridized carbons (Fsp3) is 0.500. The Labute approximate surface area is 81.9 Å². The summed E-state index contributed by atoms with van der Waals surface area (Å²) in [6.45, 7) is 1.96. The smallest absolute Gasteiger partial charge is 0.163 e. The van der Waals surface area contributed by atoms with Crippen molar-refractivity contribution in [3.8, 4) is 0 Å². The summed E-state index contributed by atoms with van der Waals surface area (Å²) in [5.41, 5.74) is 3.23. The Morgan fingerprint density at radius 3 is 3.00 bits per heavy atom. The molecule has 0 spiro atoms. The zero-order valence-corrected chi connectivity index (χ0v) is 7.96. The molecule has 2 rings (SSSR count). The number of hydrogen-bond acceptors (Lipinski definition) is 4. The van der Waals surface area contributed by atoms with E-state index in [4.69, 9.17) is 11.6 Å². The molecular weight excluding hydrogens is 188 g/mol. The van der Waals surface area contributed by atoms with Gasteiger partial charge in [-0.3, -0.25) is 9.99 Å². The number of aromatic nitrogens is 2. The second kappa shape index (κ2) is 3.89. The van der Waals surface area contributed by atoms with Gasteiger partial charge in [0.15, 0.2) is 5.82 Å². The van der Waals surface area contributed by atoms with Crippen molar-refractivity contribution in [2.45, 2.75) is 12.8 Å². The lowest BCUT2D eigenvalue weighted by Gasteiger charge is -2.28. The summed E-state index contributed by atoms with van der Waals surface area (Å²) in [5.74, 6) is 0.798. The molecule has 0 saturated carbocycles. The van der Waals surface area contributed by atoms with Crippen molar-refractivity contribution in [3.05, 3.63) is 17.5 Å². The number of rotatable bonds is 1. The molecule has 0 bridgehead atoms. The van der Waals surface area contributed by atoms with Crippen molar-refractivity contribution in [1.82, 2.24) is 15.4 Å². The molecule has 1 N–H and O–H groups in total. The standard InChI is InChI=1S/C8H11ClN4/c9-7-5-10-6-8(12-7)13-4-2-1-3-11-13/h5-6,11H,1-4H2. The molecule has 0 amide bonds. The van der Waals surface area contributed by atoms with Gasteiger partial charge in [-0.05, 0) is 12.8 Å². The Bertz CT molecular complexity index is 285. The van der Waals surface area contributed by atoms with Crippen LogP contribution in [-0.2, 0) is 0 Å². The van der Waals surface area contributed by atoms with Gasteiger partial charge < -0.3 is 0 Å². The van der Waals surface area contributed by atoms with E-state index in [9.17, 15) is 0 Å². The molecule has 1 aromatic rings. The first-order chi connectivity index (χ1) is 6.36. The SMILES string of the molecule is Clc1cncc(N2CCCCN2)n1. The summed E-state index contributed by atoms with van der Waals surface area (Å²) in [5, 5.41) is 2.42. The van der Waals surface area contributed by atoms with Gasteiger partial charge >= 0.3 is 0 Å². The number of hydrazine groups is 1. The Balaban J connectivity index is 2.14. The lowest BCUT2D eigenvalue weighted by Crippen LogP contribution is -2.43. The van der Waals surface area contributed by atoms with Crippen LogP contribution in [0.2, 0.25) is 5.15 Å². The highest BCUT2D eigenvalue weighted by Gasteiger charge is 2.11. The maximum Gasteiger partial charge on any atom is 0.163 e. The maximum atomic E-state index is 5.74. The fourth-order valence-electron chi connectivity index (χ4n) is 1.35. The first-order valence-electron chi connectivity index (χ1n) is 4.35. The van der Waals surface area contributed by atoms with E-state index in [1.807, 2.05) is 5.01 Å². The Morgan fingerprint density at radius 1 is 1.38 bits per heavy atom. The van der Waals surface area contributed by atoms with Gasteiger partial charge in [-0.1, -0.05) is 11.6 Å². The molecule has 1 saturated heterocycles. The number of anilines is 1. The summed E-state index contributed by atoms with van der Waals surface area (Å²) in [6.07, 6.45) is 5.64. The van der Waals surface area contributed by atoms with E-state index < -0.39 is 0 Å². The zero-order valence-electron chi connectivity index (χ0n) is 7.20. The van der Waals surface area contributed by atoms with Crippen molar-refractivity contribution < 1.29 is 0 Å². The summed E-state index contributed by atoms with van der Waals surface area (Å²) in [7, 11) is 0. The molecule has 5 heteroatoms. The second-order valence-corrected chi connectivity index (χ2v) is 3.35. The summed E-state index contributed by atoms with van der Waals surface area (Å²) in [6, 6.07) is 0. The van der Waals surface area contributed by atoms with Gasteiger partial charge in [-0.15, -0.1) is 0 Å². The lowest BCUT2D eigenvalue weighted by atomic mass is 10.3. The van der Waals surface area contributed by atoms with Crippen molar-refractivity contribution in [3.63, 3.8) is 0 Å². The minimum absolute atomic E-state index is 0.435. The third-order valence-electron chi connectivity index (χ3n) is 1.98. The average molecular weight is 199 g/mol. The molecule has 1 aromatic heterocycles. The normalized spacial score (nSPS) is 17.5. The molecule has 4 nitrogen and oxygen atoms in total. The van der Waals surface area contributed by atoms with Crippen LogP contribution in [0, 0.1) is 0 Å². The van der Waals surface area contributed by atoms with Crippen LogP contribution in [0.3, 0.4) is 0 Å². The quantitative estimate of drug-likeness (QED) is 0.737. The first kappa shape index (κ1) is 8.72. The van der Waals surface area contributed by atoms with Gasteiger partial charge in [0.05, 0.1) is 12.4 Å². The number of nitrogens with zero attached hydrogens (tertiary/aromatic N) is 3. The summed E-state index contributed by atoms with van der Waals surface area (Å²) >= 11 is 5.74. The van der Waals surface area contributed by atoms with Gasteiger partial charge in [-0.2, -0.15) is 0 Å². The molecule has 0 aromatic carbocycles. The molecule has 13 heavy (non-hydrogen) atoms. The van der Waals surface area contributed by atoms with Crippen molar-refractivity contribution >= 4 is 17.4 Å². The van der Waals surface area contributed by atoms with Crippen LogP contribution in [0.25, 0.3) is 0 Å². The highest BCUT2D eigenvalue weighted by atomic mass is 35.5. The molecular formula is C8H11ClN4. The predicted molar refractivity (Wildman–Crippen MR) is 51.6 cm³/mol. The molecule has 1 fully saturated rings. The first-order valence-corrected chi connectivity index (χ1v) is 4.72. The molecule has 1 aliphatic heterocycles. The zero-order chi connectivity index (χ0) is 9.10. The topological polar surface area (TPSA) is 41.1 Å². The van der Waals surface area contributed by atoms with E-state index in [1.54, 1.807) is 6.20 Å². The van der Waals surface area contributed by atoms with E-state index in [-0.39, 0.29) is 0 Å². The van der Waals surface area contributed by atoms with Crippen molar-refractivity contribution in [1.29, 1.82) is 0 Å². The Kier molecular flexibility index (Phi) is 2.61. The van der Waals surface area contributed by atoms with E-state index >= 15 is 0 Å². The van der Waals surface area contributed by atoms with Crippen LogP contribution < -0.4 is 10.4 Å². The number of hydrogen-bond donors (Lipinski definition) is 1. The third kappa shape index (κ3) is 2.08. The minimum atomic E-state index is 0.435. The third-order valence-corrected chi connectivity index (χ3v) is 2.16. The van der Waals surface area contributed by atoms with Crippen molar-refractivity contribution in [2.75, 3.05) is 18.1 Å². The predicted octanol–water partition coefficient (Wildman–Crippen LogP) is 1.23. The average Bonchev–Trinajstić information content (AvgIpc) is 2.19. The van der Waals surface area contributed by atoms with E-state index in [0.29, 0.717) is 5.15 Å². The molecule has 0 radical (unpaired) electrons.